The molecule has 2 heterocycles. The Kier molecular flexibility index (Phi) is 34.1. The number of nitrogens with zero attached hydrogens (tertiary/aromatic N) is 2. The van der Waals surface area contributed by atoms with Crippen molar-refractivity contribution in [3.63, 3.8) is 0 Å². The van der Waals surface area contributed by atoms with Crippen molar-refractivity contribution in [2.75, 3.05) is 42.7 Å². The van der Waals surface area contributed by atoms with Gasteiger partial charge in [0, 0.05) is 49.3 Å². The monoisotopic (exact) mass is 1430 g/mol. The number of carbonyl (C=O) groups excluding carboxylic acids is 8. The number of ketones is 1. The summed E-state index contributed by atoms with van der Waals surface area (Å²) in [6.07, 6.45) is -7.99. The number of hydrogen-bond acceptors (Lipinski definition) is 28. The molecule has 1 fully saturated rings. The molecule has 514 valence electrons. The molecule has 0 radical (unpaired) electrons. The van der Waals surface area contributed by atoms with Gasteiger partial charge in [-0.2, -0.15) is 26.2 Å². The zero-order valence-electron chi connectivity index (χ0n) is 47.3. The first-order valence-electron chi connectivity index (χ1n) is 26.0. The van der Waals surface area contributed by atoms with E-state index in [9.17, 15) is 111 Å². The number of thiol groups is 1. The first kappa shape index (κ1) is 81.0. The van der Waals surface area contributed by atoms with Gasteiger partial charge in [-0.15, -0.1) is 0 Å². The quantitative estimate of drug-likeness (QED) is 0.00723. The van der Waals surface area contributed by atoms with E-state index in [0.29, 0.717) is 0 Å². The van der Waals surface area contributed by atoms with Crippen molar-refractivity contribution >= 4 is 140 Å². The van der Waals surface area contributed by atoms with Crippen LogP contribution in [0.5, 0.6) is 0 Å². The molecular weight excluding hydrogens is 1370 g/mol. The van der Waals surface area contributed by atoms with Crippen LogP contribution >= 0.6 is 57.7 Å². The molecule has 21 N–H and O–H groups in total. The number of nitrogens with one attached hydrogen (secondary N) is 7. The highest BCUT2D eigenvalue weighted by atomic mass is 33.1. The number of phosphoric ester groups is 1. The second-order valence-corrected chi connectivity index (χ2v) is 26.2. The number of anilines is 1. The number of carbonyl (C=O) groups is 13. The average molecular weight is 1430 g/mol. The van der Waals surface area contributed by atoms with E-state index in [2.05, 4.69) is 63.9 Å². The number of ether oxygens (including phenoxy) is 1. The van der Waals surface area contributed by atoms with Gasteiger partial charge in [-0.25, -0.2) is 37.7 Å². The first-order valence-corrected chi connectivity index (χ1v) is 33.7. The number of carboxylic acids is 5. The minimum absolute atomic E-state index is 0.0448. The molecule has 11 atom stereocenters. The van der Waals surface area contributed by atoms with Crippen molar-refractivity contribution in [3.8, 4) is 11.8 Å². The smallest absolute Gasteiger partial charge is 0.481 e. The molecule has 1 aromatic heterocycles. The van der Waals surface area contributed by atoms with Gasteiger partial charge in [0.2, 0.25) is 41.2 Å². The fourth-order valence-electron chi connectivity index (χ4n) is 7.11. The number of amides is 7. The molecule has 92 heavy (non-hydrogen) atoms. The predicted molar refractivity (Wildman–Crippen MR) is 311 cm³/mol. The van der Waals surface area contributed by atoms with Crippen LogP contribution < -0.4 is 54.4 Å². The highest BCUT2D eigenvalue weighted by Crippen LogP contribution is 2.66. The van der Waals surface area contributed by atoms with E-state index in [4.69, 9.17) is 36.2 Å². The van der Waals surface area contributed by atoms with Crippen LogP contribution in [0.1, 0.15) is 76.0 Å². The van der Waals surface area contributed by atoms with Gasteiger partial charge in [0.15, 0.2) is 0 Å². The molecule has 0 spiro atoms. The molecule has 48 heteroatoms. The number of rotatable bonds is 42. The third kappa shape index (κ3) is 31.5. The molecule has 0 aliphatic carbocycles. The van der Waals surface area contributed by atoms with Gasteiger partial charge in [-0.05, 0) is 12.8 Å². The third-order valence-corrected chi connectivity index (χ3v) is 18.1. The van der Waals surface area contributed by atoms with E-state index in [1.165, 1.54) is 0 Å². The average Bonchev–Trinajstić information content (AvgIpc) is 1.65. The molecule has 2 rings (SSSR count). The molecular formula is C44H64N11O31P3S3. The lowest BCUT2D eigenvalue weighted by atomic mass is 10.1. The highest BCUT2D eigenvalue weighted by Gasteiger charge is 2.43. The number of nitrogens with two attached hydrogens (primary N) is 2. The van der Waals surface area contributed by atoms with Gasteiger partial charge >= 0.3 is 59.0 Å². The zero-order valence-corrected chi connectivity index (χ0v) is 52.5. The van der Waals surface area contributed by atoms with Crippen molar-refractivity contribution < 1.29 is 144 Å². The van der Waals surface area contributed by atoms with Gasteiger partial charge < -0.3 is 104 Å². The number of aliphatic hydroxyl groups excluding tert-OH is 1. The van der Waals surface area contributed by atoms with Crippen molar-refractivity contribution in [3.05, 3.63) is 22.2 Å². The number of phosphoric acid groups is 3. The Balaban J connectivity index is 1.88. The van der Waals surface area contributed by atoms with Crippen LogP contribution in [0.2, 0.25) is 0 Å². The van der Waals surface area contributed by atoms with E-state index in [0.717, 1.165) is 32.4 Å². The molecule has 1 aliphatic rings. The Bertz CT molecular complexity index is 3190. The Morgan fingerprint density at radius 1 is 0.707 bits per heavy atom. The van der Waals surface area contributed by atoms with Crippen molar-refractivity contribution in [2.45, 2.75) is 119 Å². The zero-order chi connectivity index (χ0) is 69.8. The lowest BCUT2D eigenvalue weighted by Gasteiger charge is -2.19. The third-order valence-electron chi connectivity index (χ3n) is 11.5. The summed E-state index contributed by atoms with van der Waals surface area (Å²) in [6, 6.07) is -10.8. The number of hydrogen-bond donors (Lipinski definition) is 20. The summed E-state index contributed by atoms with van der Waals surface area (Å²) >= 11 is 3.90. The van der Waals surface area contributed by atoms with Crippen LogP contribution in [0, 0.1) is 11.8 Å². The first-order chi connectivity index (χ1) is 42.7. The number of aliphatic carboxylic acids is 5. The van der Waals surface area contributed by atoms with Gasteiger partial charge in [-0.1, -0.05) is 39.8 Å². The lowest BCUT2D eigenvalue weighted by Crippen LogP contribution is -2.53. The van der Waals surface area contributed by atoms with Gasteiger partial charge in [0.25, 0.3) is 5.91 Å². The summed E-state index contributed by atoms with van der Waals surface area (Å²) in [5, 5.41) is 71.9. The largest absolute Gasteiger partial charge is 0.490 e. The summed E-state index contributed by atoms with van der Waals surface area (Å²) < 4.78 is 52.6. The second kappa shape index (κ2) is 38.8. The van der Waals surface area contributed by atoms with E-state index < -0.39 is 193 Å². The molecule has 1 aliphatic heterocycles. The van der Waals surface area contributed by atoms with Crippen LogP contribution in [0.3, 0.4) is 0 Å². The minimum Gasteiger partial charge on any atom is -0.481 e. The lowest BCUT2D eigenvalue weighted by molar-refractivity contribution is -0.148. The van der Waals surface area contributed by atoms with Crippen LogP contribution in [-0.2, 0) is 93.9 Å². The molecule has 0 aromatic carbocycles. The number of aromatic nitrogens is 2. The summed E-state index contributed by atoms with van der Waals surface area (Å²) in [5.41, 5.74) is 10.4. The van der Waals surface area contributed by atoms with Crippen molar-refractivity contribution in [1.82, 2.24) is 46.8 Å². The number of aliphatic hydroxyl groups is 1. The fourth-order valence-corrected chi connectivity index (χ4v) is 12.5. The standard InChI is InChI=1S/C44H64N11O31P3S3/c45-21(18-90)36(64)39(66)53-26(19-92-91-10-7-29(57)47-9-4-5-20-16-55(44(75)54-37(20)46)34-15-27(56)28(84-34)17-83-88(79,80)86-89(81,82)85-87(76,77)78)38(65)48-8-3-1-2-6-30(58)49-22(40(67)68)11-31(59)50-23(41(69)70)12-32(60)51-24(42(71)72)13-33(61)52-25(43(73)74)14-35(62)63/h16,21-28,34,56,90H,1-3,6-15,17-19,45H2,(H,47,57)(H,48,65)(H,49,58)(H,50,59)(H,51,60)(H,52,61)(H,53,66)(H,62,63)(H,67,68)(H,69,70)(H,71,72)(H,73,74)(H,79,80)(H,81,82)(H2,46,54,75)(H2,76,77,78)/t21-,22?,23?,24?,25?,26?,27?,28?,34?/m0/s1. The highest BCUT2D eigenvalue weighted by molar-refractivity contribution is 8.76. The van der Waals surface area contributed by atoms with Crippen LogP contribution in [0.15, 0.2) is 11.0 Å². The van der Waals surface area contributed by atoms with Crippen LogP contribution in [-0.4, -0.2) is 222 Å². The van der Waals surface area contributed by atoms with E-state index >= 15 is 0 Å². The van der Waals surface area contributed by atoms with E-state index in [1.54, 1.807) is 10.6 Å². The number of Topliss-reactive ketones (excluding diaryl/α,β-unsaturated/α-hetero) is 1. The molecule has 1 aromatic rings. The Morgan fingerprint density at radius 3 is 1.75 bits per heavy atom. The topological polar surface area (TPSA) is 683 Å². The second-order valence-electron chi connectivity index (χ2n) is 18.8. The van der Waals surface area contributed by atoms with Crippen LogP contribution in [0.4, 0.5) is 5.82 Å². The molecule has 0 saturated carbocycles. The van der Waals surface area contributed by atoms with Crippen molar-refractivity contribution in [1.29, 1.82) is 0 Å². The Hall–Kier alpha value is -7.11. The molecule has 42 nitrogen and oxygen atoms in total. The normalized spacial score (nSPS) is 17.7. The maximum Gasteiger partial charge on any atom is 0.490 e. The SMILES string of the molecule is Nc1nc(=O)n(C2CC(O)C(COP(=O)(O)OP(=O)(O)OP(=O)(O)O)O2)cc1C#CCNC(=O)CCSSCC(NC(=O)C(=O)[C@@H](N)CS)C(=O)NCCCCCC(=O)NC(CC(=O)NC(CC(=O)NC(CC(=O)NC(CC(=O)O)C(=O)O)C(=O)O)C(=O)O)C(=O)O. The van der Waals surface area contributed by atoms with E-state index in [-0.39, 0.29) is 80.3 Å². The summed E-state index contributed by atoms with van der Waals surface area (Å²) in [7, 11) is -15.0. The summed E-state index contributed by atoms with van der Waals surface area (Å²) in [6.45, 7) is -1.34. The molecule has 10 unspecified atom stereocenters. The van der Waals surface area contributed by atoms with Crippen molar-refractivity contribution in [2.24, 2.45) is 5.73 Å². The van der Waals surface area contributed by atoms with E-state index in [1.807, 2.05) is 5.32 Å². The minimum atomic E-state index is -5.84. The predicted octanol–water partition coefficient (Wildman–Crippen LogP) is -6.03. The van der Waals surface area contributed by atoms with Gasteiger partial charge in [0.05, 0.1) is 56.5 Å². The van der Waals surface area contributed by atoms with Gasteiger partial charge in [0.1, 0.15) is 48.4 Å². The van der Waals surface area contributed by atoms with Crippen LogP contribution in [0.25, 0.3) is 0 Å². The Morgan fingerprint density at radius 2 is 1.24 bits per heavy atom. The molecule has 7 amide bonds. The van der Waals surface area contributed by atoms with Gasteiger partial charge in [-0.3, -0.25) is 52.2 Å². The fraction of sp³-hybridized carbons (Fsp3) is 0.568. The maximum absolute atomic E-state index is 13.2. The molecule has 1 saturated heterocycles. The number of unbranched alkanes of at least 4 members (excludes halogenated alkanes) is 2. The number of carboxylic acid groups (broad SMARTS) is 5. The maximum atomic E-state index is 13.2. The summed E-state index contributed by atoms with van der Waals surface area (Å²) in [5.74, 6) is -12.7. The Labute approximate surface area is 530 Å². The molecule has 0 bridgehead atoms. The number of nitrogen functional groups attached to an aromatic ring is 1. The summed E-state index contributed by atoms with van der Waals surface area (Å²) in [4.78, 5) is 211.